The summed E-state index contributed by atoms with van der Waals surface area (Å²) in [6.07, 6.45) is 4.81. The molecule has 1 fully saturated rings. The zero-order chi connectivity index (χ0) is 16.4. The van der Waals surface area contributed by atoms with Crippen molar-refractivity contribution in [1.82, 2.24) is 9.88 Å². The van der Waals surface area contributed by atoms with E-state index in [0.717, 1.165) is 40.9 Å². The number of hydrogen-bond donors (Lipinski definition) is 1. The number of ether oxygens (including phenoxy) is 1. The van der Waals surface area contributed by atoms with Crippen molar-refractivity contribution in [2.24, 2.45) is 0 Å². The molecule has 4 nitrogen and oxygen atoms in total. The van der Waals surface area contributed by atoms with Gasteiger partial charge >= 0.3 is 0 Å². The van der Waals surface area contributed by atoms with Crippen LogP contribution in [0.15, 0.2) is 18.2 Å². The Morgan fingerprint density at radius 3 is 2.96 bits per heavy atom. The van der Waals surface area contributed by atoms with Crippen LogP contribution in [-0.2, 0) is 0 Å². The molecular weight excluding hydrogens is 288 g/mol. The van der Waals surface area contributed by atoms with E-state index >= 15 is 0 Å². The number of Topliss-reactive ketones (excluding diaryl/α,β-unsaturated/α-hetero) is 1. The van der Waals surface area contributed by atoms with Crippen molar-refractivity contribution in [3.8, 4) is 5.75 Å². The van der Waals surface area contributed by atoms with Gasteiger partial charge in [-0.25, -0.2) is 0 Å². The molecular formula is C19H26N2O2. The Hall–Kier alpha value is -1.81. The average Bonchev–Trinajstić information content (AvgIpc) is 2.90. The molecule has 3 rings (SSSR count). The lowest BCUT2D eigenvalue weighted by Crippen LogP contribution is -2.42. The van der Waals surface area contributed by atoms with Gasteiger partial charge in [0.1, 0.15) is 5.75 Å². The van der Waals surface area contributed by atoms with E-state index in [9.17, 15) is 4.79 Å². The van der Waals surface area contributed by atoms with E-state index in [2.05, 4.69) is 16.8 Å². The Labute approximate surface area is 137 Å². The first-order valence-electron chi connectivity index (χ1n) is 8.57. The van der Waals surface area contributed by atoms with Crippen molar-refractivity contribution in [1.29, 1.82) is 0 Å². The van der Waals surface area contributed by atoms with Gasteiger partial charge < -0.3 is 9.72 Å². The van der Waals surface area contributed by atoms with Gasteiger partial charge in [-0.1, -0.05) is 13.3 Å². The van der Waals surface area contributed by atoms with Crippen LogP contribution >= 0.6 is 0 Å². The van der Waals surface area contributed by atoms with E-state index in [4.69, 9.17) is 4.74 Å². The lowest BCUT2D eigenvalue weighted by Gasteiger charge is -2.34. The van der Waals surface area contributed by atoms with Gasteiger partial charge in [0.05, 0.1) is 13.7 Å². The van der Waals surface area contributed by atoms with Gasteiger partial charge in [0.15, 0.2) is 5.78 Å². The first-order valence-corrected chi connectivity index (χ1v) is 8.57. The summed E-state index contributed by atoms with van der Waals surface area (Å²) in [6, 6.07) is 6.41. The monoisotopic (exact) mass is 314 g/mol. The summed E-state index contributed by atoms with van der Waals surface area (Å²) in [4.78, 5) is 18.7. The van der Waals surface area contributed by atoms with Crippen LogP contribution in [0.4, 0.5) is 0 Å². The normalized spacial score (nSPS) is 19.2. The summed E-state index contributed by atoms with van der Waals surface area (Å²) in [5.41, 5.74) is 2.76. The molecule has 23 heavy (non-hydrogen) atoms. The van der Waals surface area contributed by atoms with E-state index in [-0.39, 0.29) is 5.78 Å². The number of H-pyrrole nitrogens is 1. The predicted molar refractivity (Wildman–Crippen MR) is 93.4 cm³/mol. The quantitative estimate of drug-likeness (QED) is 0.850. The number of methoxy groups -OCH3 is 1. The largest absolute Gasteiger partial charge is 0.497 e. The number of fused-ring (bicyclic) bond motifs is 1. The van der Waals surface area contributed by atoms with E-state index < -0.39 is 0 Å². The lowest BCUT2D eigenvalue weighted by molar-refractivity contribution is 0.0839. The molecule has 0 radical (unpaired) electrons. The molecule has 4 heteroatoms. The van der Waals surface area contributed by atoms with Gasteiger partial charge in [-0.15, -0.1) is 0 Å². The number of nitrogens with zero attached hydrogens (tertiary/aromatic N) is 1. The number of carbonyl (C=O) groups is 1. The number of likely N-dealkylation sites (tertiary alicyclic amines) is 1. The Kier molecular flexibility index (Phi) is 4.71. The second-order valence-electron chi connectivity index (χ2n) is 6.49. The summed E-state index contributed by atoms with van der Waals surface area (Å²) in [5.74, 6) is 0.998. The van der Waals surface area contributed by atoms with Crippen LogP contribution in [0.2, 0.25) is 0 Å². The van der Waals surface area contributed by atoms with Gasteiger partial charge in [-0.2, -0.15) is 0 Å². The van der Waals surface area contributed by atoms with Crippen molar-refractivity contribution in [2.75, 3.05) is 20.2 Å². The van der Waals surface area contributed by atoms with Gasteiger partial charge in [-0.3, -0.25) is 9.69 Å². The van der Waals surface area contributed by atoms with Crippen LogP contribution in [-0.4, -0.2) is 41.9 Å². The highest BCUT2D eigenvalue weighted by Crippen LogP contribution is 2.28. The average molecular weight is 314 g/mol. The van der Waals surface area contributed by atoms with Crippen molar-refractivity contribution in [3.63, 3.8) is 0 Å². The zero-order valence-electron chi connectivity index (χ0n) is 14.3. The molecule has 0 bridgehead atoms. The number of nitrogens with one attached hydrogen (secondary N) is 1. The summed E-state index contributed by atoms with van der Waals surface area (Å²) in [6.45, 7) is 5.75. The molecule has 0 saturated carbocycles. The van der Waals surface area contributed by atoms with Crippen LogP contribution in [0.25, 0.3) is 10.9 Å². The predicted octanol–water partition coefficient (Wildman–Crippen LogP) is 3.93. The summed E-state index contributed by atoms with van der Waals surface area (Å²) >= 11 is 0. The zero-order valence-corrected chi connectivity index (χ0v) is 14.3. The fourth-order valence-electron chi connectivity index (χ4n) is 3.79. The standard InChI is InChI=1S/C19H26N2O2/c1-4-14-7-5-6-10-21(14)12-18(22)19-13(2)20-17-9-8-15(23-3)11-16(17)19/h8-9,11,14,20H,4-7,10,12H2,1-3H3/t14-/m0/s1. The number of aromatic nitrogens is 1. The van der Waals surface area contributed by atoms with Crippen LogP contribution in [0, 0.1) is 6.92 Å². The molecule has 0 spiro atoms. The van der Waals surface area contributed by atoms with Crippen LogP contribution in [0.1, 0.15) is 48.7 Å². The Morgan fingerprint density at radius 1 is 1.39 bits per heavy atom. The smallest absolute Gasteiger partial charge is 0.179 e. The number of piperidine rings is 1. The Bertz CT molecular complexity index is 705. The van der Waals surface area contributed by atoms with Crippen molar-refractivity contribution < 1.29 is 9.53 Å². The van der Waals surface area contributed by atoms with Gasteiger partial charge in [0.2, 0.25) is 0 Å². The number of ketones is 1. The van der Waals surface area contributed by atoms with Crippen molar-refractivity contribution in [2.45, 2.75) is 45.6 Å². The summed E-state index contributed by atoms with van der Waals surface area (Å²) < 4.78 is 5.32. The minimum atomic E-state index is 0.211. The molecule has 0 unspecified atom stereocenters. The molecule has 1 saturated heterocycles. The highest BCUT2D eigenvalue weighted by atomic mass is 16.5. The molecule has 1 aliphatic rings. The second kappa shape index (κ2) is 6.75. The van der Waals surface area contributed by atoms with Crippen LogP contribution < -0.4 is 4.74 Å². The molecule has 1 aromatic carbocycles. The number of aryl methyl sites for hydroxylation is 1. The van der Waals surface area contributed by atoms with E-state index in [1.165, 1.54) is 19.3 Å². The van der Waals surface area contributed by atoms with Crippen molar-refractivity contribution in [3.05, 3.63) is 29.5 Å². The third-order valence-corrected chi connectivity index (χ3v) is 5.04. The molecule has 0 amide bonds. The van der Waals surface area contributed by atoms with Crippen LogP contribution in [0.3, 0.4) is 0 Å². The number of rotatable bonds is 5. The maximum absolute atomic E-state index is 13.0. The minimum Gasteiger partial charge on any atom is -0.497 e. The summed E-state index contributed by atoms with van der Waals surface area (Å²) in [7, 11) is 1.65. The highest BCUT2D eigenvalue weighted by Gasteiger charge is 2.25. The molecule has 0 aliphatic carbocycles. The third kappa shape index (κ3) is 3.13. The molecule has 1 aromatic heterocycles. The summed E-state index contributed by atoms with van der Waals surface area (Å²) in [5, 5.41) is 0.969. The maximum atomic E-state index is 13.0. The van der Waals surface area contributed by atoms with Gasteiger partial charge in [-0.05, 0) is 50.9 Å². The number of carbonyl (C=O) groups excluding carboxylic acids is 1. The van der Waals surface area contributed by atoms with Gasteiger partial charge in [0.25, 0.3) is 0 Å². The molecule has 1 N–H and O–H groups in total. The van der Waals surface area contributed by atoms with Crippen molar-refractivity contribution >= 4 is 16.7 Å². The molecule has 2 aromatic rings. The first-order chi connectivity index (χ1) is 11.1. The van der Waals surface area contributed by atoms with Crippen LogP contribution in [0.5, 0.6) is 5.75 Å². The minimum absolute atomic E-state index is 0.211. The molecule has 1 aliphatic heterocycles. The SMILES string of the molecule is CC[C@H]1CCCCN1CC(=O)c1c(C)[nH]c2ccc(OC)cc12. The Morgan fingerprint density at radius 2 is 2.22 bits per heavy atom. The fraction of sp³-hybridized carbons (Fsp3) is 0.526. The number of hydrogen-bond acceptors (Lipinski definition) is 3. The maximum Gasteiger partial charge on any atom is 0.179 e. The number of benzene rings is 1. The van der Waals surface area contributed by atoms with E-state index in [1.54, 1.807) is 7.11 Å². The van der Waals surface area contributed by atoms with E-state index in [0.29, 0.717) is 12.6 Å². The highest BCUT2D eigenvalue weighted by molar-refractivity contribution is 6.10. The lowest BCUT2D eigenvalue weighted by atomic mass is 9.98. The molecule has 1 atom stereocenters. The van der Waals surface area contributed by atoms with Gasteiger partial charge in [0, 0.05) is 28.2 Å². The Balaban J connectivity index is 1.89. The first kappa shape index (κ1) is 16.1. The topological polar surface area (TPSA) is 45.3 Å². The number of aromatic amines is 1. The fourth-order valence-corrected chi connectivity index (χ4v) is 3.79. The second-order valence-corrected chi connectivity index (χ2v) is 6.49. The third-order valence-electron chi connectivity index (χ3n) is 5.04. The van der Waals surface area contributed by atoms with E-state index in [1.807, 2.05) is 25.1 Å². The molecule has 2 heterocycles. The molecule has 124 valence electrons.